The lowest BCUT2D eigenvalue weighted by Gasteiger charge is -2.21. The van der Waals surface area contributed by atoms with Gasteiger partial charge in [-0.1, -0.05) is 129 Å². The van der Waals surface area contributed by atoms with Crippen molar-refractivity contribution in [2.75, 3.05) is 0 Å². The molecule has 0 spiro atoms. The maximum Gasteiger partial charge on any atom is 0.164 e. The van der Waals surface area contributed by atoms with Crippen LogP contribution in [0.4, 0.5) is 0 Å². The molecule has 0 bridgehead atoms. The van der Waals surface area contributed by atoms with Gasteiger partial charge < -0.3 is 4.42 Å². The topological polar surface area (TPSA) is 51.8 Å². The second-order valence-corrected chi connectivity index (χ2v) is 12.5. The van der Waals surface area contributed by atoms with Gasteiger partial charge in [-0.3, -0.25) is 0 Å². The first-order valence-corrected chi connectivity index (χ1v) is 15.6. The number of aromatic nitrogens is 3. The smallest absolute Gasteiger partial charge is 0.164 e. The van der Waals surface area contributed by atoms with Crippen molar-refractivity contribution in [2.24, 2.45) is 0 Å². The van der Waals surface area contributed by atoms with E-state index in [1.807, 2.05) is 60.7 Å². The van der Waals surface area contributed by atoms with Gasteiger partial charge in [0.15, 0.2) is 17.5 Å². The molecule has 9 rings (SSSR count). The van der Waals surface area contributed by atoms with Gasteiger partial charge in [0, 0.05) is 32.9 Å². The van der Waals surface area contributed by atoms with Gasteiger partial charge in [-0.25, -0.2) is 15.0 Å². The van der Waals surface area contributed by atoms with E-state index in [0.29, 0.717) is 17.5 Å². The Kier molecular flexibility index (Phi) is 5.81. The maximum atomic E-state index is 6.54. The molecule has 6 aromatic carbocycles. The van der Waals surface area contributed by atoms with E-state index in [2.05, 4.69) is 92.7 Å². The van der Waals surface area contributed by atoms with E-state index in [9.17, 15) is 0 Å². The molecule has 2 aromatic heterocycles. The number of hydrogen-bond acceptors (Lipinski definition) is 4. The molecule has 46 heavy (non-hydrogen) atoms. The summed E-state index contributed by atoms with van der Waals surface area (Å²) in [5, 5.41) is 2.24. The summed E-state index contributed by atoms with van der Waals surface area (Å²) in [6.45, 7) is 4.60. The SMILES string of the molecule is CC1(C)c2ccccc2-c2cc3c(cc21)oc1cccc(-c2cccc(-c4nc(-c5ccccc5)nc(-c5ccccc5)n4)c2)c13. The molecule has 0 unspecified atom stereocenters. The maximum absolute atomic E-state index is 6.54. The first-order valence-electron chi connectivity index (χ1n) is 15.6. The normalized spacial score (nSPS) is 13.2. The number of nitrogens with zero attached hydrogens (tertiary/aromatic N) is 3. The molecule has 218 valence electrons. The fraction of sp³-hybridized carbons (Fsp3) is 0.0714. The Morgan fingerprint density at radius 3 is 1.72 bits per heavy atom. The Labute approximate surface area is 267 Å². The molecule has 0 saturated carbocycles. The highest BCUT2D eigenvalue weighted by Crippen LogP contribution is 2.51. The van der Waals surface area contributed by atoms with Gasteiger partial charge in [0.1, 0.15) is 11.2 Å². The van der Waals surface area contributed by atoms with Crippen LogP contribution in [0.25, 0.3) is 78.4 Å². The third-order valence-electron chi connectivity index (χ3n) is 9.33. The van der Waals surface area contributed by atoms with Crippen LogP contribution in [0.15, 0.2) is 144 Å². The number of furan rings is 1. The third-order valence-corrected chi connectivity index (χ3v) is 9.33. The average Bonchev–Trinajstić information content (AvgIpc) is 3.59. The molecule has 0 atom stereocenters. The second kappa shape index (κ2) is 10.1. The van der Waals surface area contributed by atoms with E-state index in [-0.39, 0.29) is 5.41 Å². The summed E-state index contributed by atoms with van der Waals surface area (Å²) in [5.74, 6) is 1.93. The molecule has 1 aliphatic rings. The Hall–Kier alpha value is -5.87. The van der Waals surface area contributed by atoms with Crippen molar-refractivity contribution in [3.05, 3.63) is 151 Å². The van der Waals surface area contributed by atoms with E-state index >= 15 is 0 Å². The predicted octanol–water partition coefficient (Wildman–Crippen LogP) is 10.7. The highest BCUT2D eigenvalue weighted by Gasteiger charge is 2.36. The summed E-state index contributed by atoms with van der Waals surface area (Å²) in [5.41, 5.74) is 12.0. The predicted molar refractivity (Wildman–Crippen MR) is 186 cm³/mol. The van der Waals surface area contributed by atoms with Gasteiger partial charge in [-0.15, -0.1) is 0 Å². The van der Waals surface area contributed by atoms with Gasteiger partial charge in [0.05, 0.1) is 0 Å². The first-order chi connectivity index (χ1) is 22.5. The van der Waals surface area contributed by atoms with Crippen molar-refractivity contribution < 1.29 is 4.42 Å². The number of fused-ring (bicyclic) bond motifs is 6. The van der Waals surface area contributed by atoms with Gasteiger partial charge in [-0.05, 0) is 57.6 Å². The summed E-state index contributed by atoms with van der Waals surface area (Å²) in [7, 11) is 0. The van der Waals surface area contributed by atoms with Crippen LogP contribution in [0.3, 0.4) is 0 Å². The molecule has 4 heteroatoms. The lowest BCUT2D eigenvalue weighted by molar-refractivity contribution is 0.647. The van der Waals surface area contributed by atoms with Crippen molar-refractivity contribution in [3.63, 3.8) is 0 Å². The second-order valence-electron chi connectivity index (χ2n) is 12.5. The molecular formula is C42H29N3O. The Bertz CT molecular complexity index is 2380. The Morgan fingerprint density at radius 1 is 0.435 bits per heavy atom. The zero-order valence-electron chi connectivity index (χ0n) is 25.5. The monoisotopic (exact) mass is 591 g/mol. The van der Waals surface area contributed by atoms with Crippen LogP contribution in [0.1, 0.15) is 25.0 Å². The van der Waals surface area contributed by atoms with Crippen LogP contribution < -0.4 is 0 Å². The van der Waals surface area contributed by atoms with Gasteiger partial charge in [0.2, 0.25) is 0 Å². The van der Waals surface area contributed by atoms with Crippen LogP contribution in [0.5, 0.6) is 0 Å². The van der Waals surface area contributed by atoms with Crippen LogP contribution in [-0.2, 0) is 5.41 Å². The molecule has 0 aliphatic heterocycles. The van der Waals surface area contributed by atoms with Crippen molar-refractivity contribution in [1.29, 1.82) is 0 Å². The highest BCUT2D eigenvalue weighted by atomic mass is 16.3. The van der Waals surface area contributed by atoms with Crippen LogP contribution in [0, 0.1) is 0 Å². The average molecular weight is 592 g/mol. The van der Waals surface area contributed by atoms with E-state index in [0.717, 1.165) is 49.8 Å². The molecule has 0 radical (unpaired) electrons. The van der Waals surface area contributed by atoms with E-state index in [4.69, 9.17) is 19.4 Å². The van der Waals surface area contributed by atoms with Crippen LogP contribution >= 0.6 is 0 Å². The first kappa shape index (κ1) is 26.5. The minimum Gasteiger partial charge on any atom is -0.456 e. The Morgan fingerprint density at radius 2 is 1.00 bits per heavy atom. The van der Waals surface area contributed by atoms with Crippen molar-refractivity contribution in [3.8, 4) is 56.4 Å². The summed E-state index contributed by atoms with van der Waals surface area (Å²) >= 11 is 0. The van der Waals surface area contributed by atoms with Gasteiger partial charge in [-0.2, -0.15) is 0 Å². The van der Waals surface area contributed by atoms with Crippen LogP contribution in [0.2, 0.25) is 0 Å². The summed E-state index contributed by atoms with van der Waals surface area (Å²) in [6, 6.07) is 48.3. The minimum atomic E-state index is -0.0853. The molecule has 0 fully saturated rings. The molecule has 0 amide bonds. The van der Waals surface area contributed by atoms with Crippen molar-refractivity contribution >= 4 is 21.9 Å². The zero-order chi connectivity index (χ0) is 30.8. The largest absolute Gasteiger partial charge is 0.456 e. The number of rotatable bonds is 4. The molecular weight excluding hydrogens is 562 g/mol. The number of benzene rings is 6. The van der Waals surface area contributed by atoms with E-state index < -0.39 is 0 Å². The summed E-state index contributed by atoms with van der Waals surface area (Å²) in [6.07, 6.45) is 0. The quantitative estimate of drug-likeness (QED) is 0.204. The molecule has 4 nitrogen and oxygen atoms in total. The molecule has 0 saturated heterocycles. The summed E-state index contributed by atoms with van der Waals surface area (Å²) < 4.78 is 6.54. The molecule has 8 aromatic rings. The Balaban J connectivity index is 1.22. The zero-order valence-corrected chi connectivity index (χ0v) is 25.5. The fourth-order valence-corrected chi connectivity index (χ4v) is 7.02. The van der Waals surface area contributed by atoms with Crippen molar-refractivity contribution in [2.45, 2.75) is 19.3 Å². The minimum absolute atomic E-state index is 0.0853. The van der Waals surface area contributed by atoms with Gasteiger partial charge in [0.25, 0.3) is 0 Å². The van der Waals surface area contributed by atoms with Gasteiger partial charge >= 0.3 is 0 Å². The summed E-state index contributed by atoms with van der Waals surface area (Å²) in [4.78, 5) is 14.8. The van der Waals surface area contributed by atoms with E-state index in [1.165, 1.54) is 22.3 Å². The fourth-order valence-electron chi connectivity index (χ4n) is 7.02. The van der Waals surface area contributed by atoms with Crippen LogP contribution in [-0.4, -0.2) is 15.0 Å². The molecule has 2 heterocycles. The highest BCUT2D eigenvalue weighted by molar-refractivity contribution is 6.14. The lowest BCUT2D eigenvalue weighted by Crippen LogP contribution is -2.14. The number of hydrogen-bond donors (Lipinski definition) is 0. The lowest BCUT2D eigenvalue weighted by atomic mass is 9.82. The molecule has 1 aliphatic carbocycles. The van der Waals surface area contributed by atoms with Crippen molar-refractivity contribution in [1.82, 2.24) is 15.0 Å². The third kappa shape index (κ3) is 4.11. The van der Waals surface area contributed by atoms with E-state index in [1.54, 1.807) is 0 Å². The molecule has 0 N–H and O–H groups in total. The standard InChI is InChI=1S/C42H29N3O/c1-42(2)34-21-10-9-19-31(34)32-24-33-37(25-35(32)42)46-36-22-12-20-30(38(33)36)28-17-11-18-29(23-28)41-44-39(26-13-5-3-6-14-26)43-40(45-41)27-15-7-4-8-16-27/h3-25H,1-2H3.